The Bertz CT molecular complexity index is 344. The Hall–Kier alpha value is -0.840. The second-order valence-corrected chi connectivity index (χ2v) is 4.01. The molecule has 1 aromatic heterocycles. The topological polar surface area (TPSA) is 38.1 Å². The molecule has 0 aliphatic carbocycles. The number of nitrogens with zero attached hydrogens (tertiary/aromatic N) is 3. The van der Waals surface area contributed by atoms with Crippen LogP contribution in [0.5, 0.6) is 0 Å². The van der Waals surface area contributed by atoms with E-state index in [1.807, 2.05) is 27.0 Å². The average molecular weight is 274 g/mol. The maximum Gasteiger partial charge on any atom is 0.275 e. The van der Waals surface area contributed by atoms with Crippen LogP contribution in [-0.4, -0.2) is 33.7 Å². The summed E-state index contributed by atoms with van der Waals surface area (Å²) in [4.78, 5) is 13.7. The fourth-order valence-corrected chi connectivity index (χ4v) is 1.85. The third kappa shape index (κ3) is 2.59. The van der Waals surface area contributed by atoms with E-state index in [9.17, 15) is 4.79 Å². The van der Waals surface area contributed by atoms with Crippen molar-refractivity contribution in [3.8, 4) is 0 Å². The van der Waals surface area contributed by atoms with Crippen molar-refractivity contribution in [3.63, 3.8) is 0 Å². The first-order valence-corrected chi connectivity index (χ1v) is 5.95. The molecule has 0 aromatic carbocycles. The molecule has 1 heterocycles. The molecule has 0 unspecified atom stereocenters. The van der Waals surface area contributed by atoms with Gasteiger partial charge in [-0.25, -0.2) is 0 Å². The summed E-state index contributed by atoms with van der Waals surface area (Å²) in [5.41, 5.74) is 0.501. The highest BCUT2D eigenvalue weighted by atomic mass is 79.9. The number of rotatable bonds is 4. The Morgan fingerprint density at radius 2 is 2.07 bits per heavy atom. The fraction of sp³-hybridized carbons (Fsp3) is 0.600. The van der Waals surface area contributed by atoms with E-state index in [0.717, 1.165) is 11.0 Å². The van der Waals surface area contributed by atoms with Crippen molar-refractivity contribution in [2.75, 3.05) is 13.1 Å². The molecular weight excluding hydrogens is 258 g/mol. The Morgan fingerprint density at radius 1 is 1.47 bits per heavy atom. The smallest absolute Gasteiger partial charge is 0.275 e. The number of hydrogen-bond donors (Lipinski definition) is 0. The van der Waals surface area contributed by atoms with Crippen LogP contribution in [0.3, 0.4) is 0 Å². The van der Waals surface area contributed by atoms with Gasteiger partial charge in [-0.1, -0.05) is 0 Å². The van der Waals surface area contributed by atoms with Gasteiger partial charge in [-0.05, 0) is 36.7 Å². The minimum atomic E-state index is -0.0147. The van der Waals surface area contributed by atoms with Crippen LogP contribution < -0.4 is 0 Å². The molecule has 0 N–H and O–H groups in total. The van der Waals surface area contributed by atoms with Gasteiger partial charge in [0.05, 0.1) is 4.47 Å². The van der Waals surface area contributed by atoms with Crippen LogP contribution in [0.4, 0.5) is 0 Å². The van der Waals surface area contributed by atoms with E-state index >= 15 is 0 Å². The molecule has 0 aliphatic heterocycles. The maximum atomic E-state index is 12.0. The number of amides is 1. The van der Waals surface area contributed by atoms with E-state index in [1.54, 1.807) is 9.58 Å². The van der Waals surface area contributed by atoms with Gasteiger partial charge in [0, 0.05) is 25.8 Å². The van der Waals surface area contributed by atoms with Crippen LogP contribution in [0.2, 0.25) is 0 Å². The number of halogens is 1. The summed E-state index contributed by atoms with van der Waals surface area (Å²) in [7, 11) is 0. The molecule has 15 heavy (non-hydrogen) atoms. The van der Waals surface area contributed by atoms with Gasteiger partial charge in [0.1, 0.15) is 0 Å². The lowest BCUT2D eigenvalue weighted by atomic mass is 10.3. The van der Waals surface area contributed by atoms with Gasteiger partial charge in [0.2, 0.25) is 0 Å². The lowest BCUT2D eigenvalue weighted by Gasteiger charge is -2.17. The van der Waals surface area contributed by atoms with Crippen molar-refractivity contribution in [3.05, 3.63) is 16.4 Å². The molecule has 0 saturated heterocycles. The average Bonchev–Trinajstić information content (AvgIpc) is 2.61. The lowest BCUT2D eigenvalue weighted by Crippen LogP contribution is -2.31. The normalized spacial score (nSPS) is 10.4. The van der Waals surface area contributed by atoms with E-state index in [0.29, 0.717) is 18.8 Å². The van der Waals surface area contributed by atoms with Crippen LogP contribution >= 0.6 is 15.9 Å². The molecule has 0 atom stereocenters. The van der Waals surface area contributed by atoms with Crippen LogP contribution in [0.25, 0.3) is 0 Å². The second-order valence-electron chi connectivity index (χ2n) is 3.16. The van der Waals surface area contributed by atoms with E-state index < -0.39 is 0 Å². The van der Waals surface area contributed by atoms with Crippen molar-refractivity contribution in [1.29, 1.82) is 0 Å². The first kappa shape index (κ1) is 12.2. The Morgan fingerprint density at radius 3 is 2.47 bits per heavy atom. The maximum absolute atomic E-state index is 12.0. The number of hydrogen-bond acceptors (Lipinski definition) is 2. The summed E-state index contributed by atoms with van der Waals surface area (Å²) < 4.78 is 2.52. The van der Waals surface area contributed by atoms with Crippen LogP contribution in [0, 0.1) is 0 Å². The highest BCUT2D eigenvalue weighted by molar-refractivity contribution is 9.10. The second kappa shape index (κ2) is 5.30. The first-order chi connectivity index (χ1) is 7.13. The SMILES string of the molecule is CCN(CC)C(=O)c1nn(CC)cc1Br. The van der Waals surface area contributed by atoms with Gasteiger partial charge >= 0.3 is 0 Å². The largest absolute Gasteiger partial charge is 0.338 e. The molecule has 1 rings (SSSR count). The molecule has 1 aromatic rings. The molecule has 0 aliphatic rings. The standard InChI is InChI=1S/C10H16BrN3O/c1-4-13(5-2)10(15)9-8(11)7-14(6-3)12-9/h7H,4-6H2,1-3H3. The molecule has 1 amide bonds. The van der Waals surface area contributed by atoms with Gasteiger partial charge in [-0.3, -0.25) is 9.48 Å². The van der Waals surface area contributed by atoms with E-state index in [2.05, 4.69) is 21.0 Å². The Kier molecular flexibility index (Phi) is 4.32. The lowest BCUT2D eigenvalue weighted by molar-refractivity contribution is 0.0765. The highest BCUT2D eigenvalue weighted by Crippen LogP contribution is 2.16. The zero-order valence-electron chi connectivity index (χ0n) is 9.33. The fourth-order valence-electron chi connectivity index (χ4n) is 1.36. The summed E-state index contributed by atoms with van der Waals surface area (Å²) in [5.74, 6) is -0.0147. The molecule has 4 nitrogen and oxygen atoms in total. The number of aromatic nitrogens is 2. The van der Waals surface area contributed by atoms with Crippen molar-refractivity contribution < 1.29 is 4.79 Å². The van der Waals surface area contributed by atoms with Crippen LogP contribution in [-0.2, 0) is 6.54 Å². The van der Waals surface area contributed by atoms with Crippen molar-refractivity contribution in [1.82, 2.24) is 14.7 Å². The predicted molar refractivity (Wildman–Crippen MR) is 62.9 cm³/mol. The minimum absolute atomic E-state index is 0.0147. The van der Waals surface area contributed by atoms with Gasteiger partial charge in [0.25, 0.3) is 5.91 Å². The third-order valence-electron chi connectivity index (χ3n) is 2.29. The zero-order chi connectivity index (χ0) is 11.4. The van der Waals surface area contributed by atoms with Crippen molar-refractivity contribution >= 4 is 21.8 Å². The zero-order valence-corrected chi connectivity index (χ0v) is 10.9. The third-order valence-corrected chi connectivity index (χ3v) is 2.87. The molecular formula is C10H16BrN3O. The minimum Gasteiger partial charge on any atom is -0.338 e. The molecule has 5 heteroatoms. The molecule has 0 radical (unpaired) electrons. The first-order valence-electron chi connectivity index (χ1n) is 5.16. The van der Waals surface area contributed by atoms with E-state index in [4.69, 9.17) is 0 Å². The summed E-state index contributed by atoms with van der Waals surface area (Å²) in [6.07, 6.45) is 1.83. The predicted octanol–water partition coefficient (Wildman–Crippen LogP) is 2.15. The summed E-state index contributed by atoms with van der Waals surface area (Å²) >= 11 is 3.35. The number of carbonyl (C=O) groups is 1. The molecule has 0 fully saturated rings. The van der Waals surface area contributed by atoms with Gasteiger partial charge in [-0.15, -0.1) is 0 Å². The quantitative estimate of drug-likeness (QED) is 0.843. The molecule has 0 bridgehead atoms. The summed E-state index contributed by atoms with van der Waals surface area (Å²) in [5, 5.41) is 4.22. The summed E-state index contributed by atoms with van der Waals surface area (Å²) in [6.45, 7) is 8.11. The molecule has 0 saturated carbocycles. The molecule has 84 valence electrons. The number of carbonyl (C=O) groups excluding carboxylic acids is 1. The number of aryl methyl sites for hydroxylation is 1. The monoisotopic (exact) mass is 273 g/mol. The van der Waals surface area contributed by atoms with E-state index in [1.165, 1.54) is 0 Å². The van der Waals surface area contributed by atoms with Crippen molar-refractivity contribution in [2.24, 2.45) is 0 Å². The van der Waals surface area contributed by atoms with Crippen LogP contribution in [0.1, 0.15) is 31.3 Å². The van der Waals surface area contributed by atoms with Gasteiger partial charge < -0.3 is 4.90 Å². The van der Waals surface area contributed by atoms with Gasteiger partial charge in [0.15, 0.2) is 5.69 Å². The van der Waals surface area contributed by atoms with E-state index in [-0.39, 0.29) is 5.91 Å². The highest BCUT2D eigenvalue weighted by Gasteiger charge is 2.19. The summed E-state index contributed by atoms with van der Waals surface area (Å²) in [6, 6.07) is 0. The van der Waals surface area contributed by atoms with Crippen molar-refractivity contribution in [2.45, 2.75) is 27.3 Å². The molecule has 0 spiro atoms. The van der Waals surface area contributed by atoms with Crippen LogP contribution in [0.15, 0.2) is 10.7 Å². The van der Waals surface area contributed by atoms with Gasteiger partial charge in [-0.2, -0.15) is 5.10 Å². The Labute approximate surface area is 98.4 Å². The Balaban J connectivity index is 2.94.